The van der Waals surface area contributed by atoms with Gasteiger partial charge in [0.15, 0.2) is 0 Å². The fourth-order valence-electron chi connectivity index (χ4n) is 3.81. The van der Waals surface area contributed by atoms with Crippen LogP contribution < -0.4 is 14.8 Å². The van der Waals surface area contributed by atoms with Crippen molar-refractivity contribution in [2.24, 2.45) is 0 Å². The van der Waals surface area contributed by atoms with Gasteiger partial charge >= 0.3 is 6.09 Å². The molecule has 0 aromatic heterocycles. The summed E-state index contributed by atoms with van der Waals surface area (Å²) in [6.07, 6.45) is 2.85. The molecule has 1 N–H and O–H groups in total. The molecule has 0 aliphatic rings. The first-order chi connectivity index (χ1) is 15.7. The largest absolute Gasteiger partial charge is 0.456 e. The standard InChI is InChI=1S/C28H25NO3/c1-3-5-18-29-28(30)32-25-17-15-21-11-7-9-13-23(21)27(25)26-22-12-8-6-10-20(22)14-16-24(26)31-19-4-2/h6-17,19H,2-3,5,18H2,1H3,(H,29,30). The molecule has 0 spiro atoms. The summed E-state index contributed by atoms with van der Waals surface area (Å²) in [7, 11) is 0. The van der Waals surface area contributed by atoms with E-state index in [-0.39, 0.29) is 0 Å². The number of benzene rings is 4. The maximum atomic E-state index is 12.5. The summed E-state index contributed by atoms with van der Waals surface area (Å²) in [6.45, 7) is 6.25. The molecule has 0 radical (unpaired) electrons. The molecule has 0 aliphatic carbocycles. The number of ether oxygens (including phenoxy) is 2. The van der Waals surface area contributed by atoms with Gasteiger partial charge in [0.05, 0.1) is 0 Å². The van der Waals surface area contributed by atoms with E-state index in [1.807, 2.05) is 66.7 Å². The molecule has 4 aromatic rings. The zero-order valence-corrected chi connectivity index (χ0v) is 18.1. The minimum Gasteiger partial charge on any atom is -0.456 e. The SMILES string of the molecule is C=C=COc1ccc2ccccc2c1-c1c(OC(=O)NCCCC)ccc2ccccc12. The normalized spacial score (nSPS) is 10.5. The van der Waals surface area contributed by atoms with Crippen molar-refractivity contribution in [1.29, 1.82) is 0 Å². The first-order valence-electron chi connectivity index (χ1n) is 10.7. The number of carbonyl (C=O) groups is 1. The van der Waals surface area contributed by atoms with Crippen molar-refractivity contribution in [3.8, 4) is 22.6 Å². The molecule has 1 amide bonds. The summed E-state index contributed by atoms with van der Waals surface area (Å²) in [6, 6.07) is 23.8. The fraction of sp³-hybridized carbons (Fsp3) is 0.143. The van der Waals surface area contributed by atoms with Crippen LogP contribution >= 0.6 is 0 Å². The third kappa shape index (κ3) is 4.36. The smallest absolute Gasteiger partial charge is 0.412 e. The molecule has 32 heavy (non-hydrogen) atoms. The average molecular weight is 424 g/mol. The van der Waals surface area contributed by atoms with Gasteiger partial charge in [0.1, 0.15) is 17.8 Å². The highest BCUT2D eigenvalue weighted by molar-refractivity contribution is 6.10. The lowest BCUT2D eigenvalue weighted by molar-refractivity contribution is 0.200. The molecule has 0 fully saturated rings. The fourth-order valence-corrected chi connectivity index (χ4v) is 3.81. The molecule has 4 heteroatoms. The van der Waals surface area contributed by atoms with E-state index in [1.54, 1.807) is 0 Å². The Hall–Kier alpha value is -4.01. The van der Waals surface area contributed by atoms with Gasteiger partial charge in [0, 0.05) is 17.7 Å². The Balaban J connectivity index is 1.96. The topological polar surface area (TPSA) is 47.6 Å². The molecule has 0 aliphatic heterocycles. The molecule has 0 bridgehead atoms. The number of hydrogen-bond acceptors (Lipinski definition) is 3. The zero-order chi connectivity index (χ0) is 22.3. The predicted octanol–water partition coefficient (Wildman–Crippen LogP) is 7.23. The lowest BCUT2D eigenvalue weighted by atomic mass is 9.92. The summed E-state index contributed by atoms with van der Waals surface area (Å²) >= 11 is 0. The quantitative estimate of drug-likeness (QED) is 0.194. The van der Waals surface area contributed by atoms with Crippen LogP contribution in [0.4, 0.5) is 4.79 Å². The van der Waals surface area contributed by atoms with Crippen LogP contribution in [0, 0.1) is 0 Å². The van der Waals surface area contributed by atoms with Crippen molar-refractivity contribution in [3.63, 3.8) is 0 Å². The van der Waals surface area contributed by atoms with Gasteiger partial charge in [-0.2, -0.15) is 0 Å². The minimum absolute atomic E-state index is 0.469. The molecular weight excluding hydrogens is 398 g/mol. The van der Waals surface area contributed by atoms with Crippen LogP contribution in [0.1, 0.15) is 19.8 Å². The molecule has 0 saturated carbocycles. The van der Waals surface area contributed by atoms with Crippen molar-refractivity contribution < 1.29 is 14.3 Å². The molecule has 4 nitrogen and oxygen atoms in total. The Kier molecular flexibility index (Phi) is 6.54. The molecule has 160 valence electrons. The second kappa shape index (κ2) is 9.86. The number of fused-ring (bicyclic) bond motifs is 2. The van der Waals surface area contributed by atoms with Gasteiger partial charge in [-0.25, -0.2) is 4.79 Å². The zero-order valence-electron chi connectivity index (χ0n) is 18.1. The van der Waals surface area contributed by atoms with E-state index in [0.29, 0.717) is 18.0 Å². The second-order valence-electron chi connectivity index (χ2n) is 7.43. The maximum Gasteiger partial charge on any atom is 0.412 e. The Bertz CT molecular complexity index is 1320. The highest BCUT2D eigenvalue weighted by Crippen LogP contribution is 2.45. The Morgan fingerprint density at radius 1 is 0.906 bits per heavy atom. The van der Waals surface area contributed by atoms with Crippen LogP contribution in [-0.2, 0) is 0 Å². The summed E-state index contributed by atoms with van der Waals surface area (Å²) in [5, 5.41) is 6.89. The lowest BCUT2D eigenvalue weighted by Gasteiger charge is -2.18. The van der Waals surface area contributed by atoms with Crippen LogP contribution in [0.5, 0.6) is 11.5 Å². The van der Waals surface area contributed by atoms with Crippen LogP contribution in [0.3, 0.4) is 0 Å². The Morgan fingerprint density at radius 3 is 2.12 bits per heavy atom. The highest BCUT2D eigenvalue weighted by atomic mass is 16.6. The van der Waals surface area contributed by atoms with E-state index in [1.165, 1.54) is 6.26 Å². The van der Waals surface area contributed by atoms with Crippen molar-refractivity contribution in [1.82, 2.24) is 5.32 Å². The Morgan fingerprint density at radius 2 is 1.50 bits per heavy atom. The average Bonchev–Trinajstić information content (AvgIpc) is 2.82. The van der Waals surface area contributed by atoms with Crippen molar-refractivity contribution >= 4 is 27.6 Å². The van der Waals surface area contributed by atoms with E-state index < -0.39 is 6.09 Å². The van der Waals surface area contributed by atoms with Gasteiger partial charge in [-0.3, -0.25) is 0 Å². The van der Waals surface area contributed by atoms with Crippen LogP contribution in [0.15, 0.2) is 91.4 Å². The third-order valence-electron chi connectivity index (χ3n) is 5.30. The van der Waals surface area contributed by atoms with Gasteiger partial charge in [0.25, 0.3) is 0 Å². The number of hydrogen-bond donors (Lipinski definition) is 1. The predicted molar refractivity (Wildman–Crippen MR) is 130 cm³/mol. The number of unbranched alkanes of at least 4 members (excludes halogenated alkanes) is 1. The van der Waals surface area contributed by atoms with Crippen LogP contribution in [0.2, 0.25) is 0 Å². The highest BCUT2D eigenvalue weighted by Gasteiger charge is 2.20. The Labute approximate surface area is 187 Å². The molecule has 4 rings (SSSR count). The number of amides is 1. The van der Waals surface area contributed by atoms with Gasteiger partial charge < -0.3 is 14.8 Å². The van der Waals surface area contributed by atoms with E-state index in [2.05, 4.69) is 30.6 Å². The molecule has 0 unspecified atom stereocenters. The monoisotopic (exact) mass is 423 g/mol. The van der Waals surface area contributed by atoms with Gasteiger partial charge in [-0.05, 0) is 40.1 Å². The van der Waals surface area contributed by atoms with Crippen molar-refractivity contribution in [2.45, 2.75) is 19.8 Å². The minimum atomic E-state index is -0.469. The van der Waals surface area contributed by atoms with Crippen molar-refractivity contribution in [2.75, 3.05) is 6.54 Å². The molecule has 0 heterocycles. The summed E-state index contributed by atoms with van der Waals surface area (Å²) < 4.78 is 11.7. The summed E-state index contributed by atoms with van der Waals surface area (Å²) in [4.78, 5) is 12.5. The van der Waals surface area contributed by atoms with Gasteiger partial charge in [0.2, 0.25) is 0 Å². The summed E-state index contributed by atoms with van der Waals surface area (Å²) in [5.74, 6) is 1.11. The molecular formula is C28H25NO3. The second-order valence-corrected chi connectivity index (χ2v) is 7.43. The van der Waals surface area contributed by atoms with E-state index in [0.717, 1.165) is 45.5 Å². The number of carbonyl (C=O) groups excluding carboxylic acids is 1. The van der Waals surface area contributed by atoms with Gasteiger partial charge in [-0.1, -0.05) is 86.3 Å². The molecule has 4 aromatic carbocycles. The van der Waals surface area contributed by atoms with Crippen LogP contribution in [0.25, 0.3) is 32.7 Å². The van der Waals surface area contributed by atoms with E-state index in [9.17, 15) is 4.79 Å². The lowest BCUT2D eigenvalue weighted by Crippen LogP contribution is -2.27. The maximum absolute atomic E-state index is 12.5. The molecule has 0 saturated heterocycles. The first kappa shape index (κ1) is 21.2. The van der Waals surface area contributed by atoms with Crippen molar-refractivity contribution in [3.05, 3.63) is 91.4 Å². The van der Waals surface area contributed by atoms with Crippen LogP contribution in [-0.4, -0.2) is 12.6 Å². The first-order valence-corrected chi connectivity index (χ1v) is 10.7. The summed E-state index contributed by atoms with van der Waals surface area (Å²) in [5.41, 5.74) is 4.32. The van der Waals surface area contributed by atoms with Gasteiger partial charge in [-0.15, -0.1) is 0 Å². The van der Waals surface area contributed by atoms with E-state index >= 15 is 0 Å². The number of rotatable bonds is 7. The molecule has 0 atom stereocenters. The van der Waals surface area contributed by atoms with E-state index in [4.69, 9.17) is 9.47 Å². The third-order valence-corrected chi connectivity index (χ3v) is 5.30. The number of nitrogens with one attached hydrogen (secondary N) is 1.